The fraction of sp³-hybridized carbons (Fsp3) is 0.438. The molecule has 0 amide bonds. The van der Waals surface area contributed by atoms with Gasteiger partial charge in [-0.2, -0.15) is 5.10 Å². The molecule has 2 N–H and O–H groups in total. The molecule has 2 aromatic rings. The van der Waals surface area contributed by atoms with Crippen molar-refractivity contribution in [3.05, 3.63) is 29.5 Å². The number of rotatable bonds is 3. The van der Waals surface area contributed by atoms with E-state index in [0.29, 0.717) is 23.9 Å². The minimum Gasteiger partial charge on any atom is -0.483 e. The van der Waals surface area contributed by atoms with Gasteiger partial charge in [-0.1, -0.05) is 12.1 Å². The first-order valence-corrected chi connectivity index (χ1v) is 7.23. The number of para-hydroxylation sites is 1. The van der Waals surface area contributed by atoms with E-state index in [9.17, 15) is 0 Å². The van der Waals surface area contributed by atoms with Crippen LogP contribution in [-0.2, 0) is 13.0 Å². The molecule has 1 aromatic heterocycles. The van der Waals surface area contributed by atoms with Crippen LogP contribution in [0.4, 0.5) is 5.69 Å². The Morgan fingerprint density at radius 3 is 2.90 bits per heavy atom. The minimum absolute atomic E-state index is 0.200. The lowest BCUT2D eigenvalue weighted by Crippen LogP contribution is -2.24. The Bertz CT molecular complexity index is 689. The van der Waals surface area contributed by atoms with Gasteiger partial charge in [-0.15, -0.1) is 0 Å². The molecule has 1 aromatic carbocycles. The highest BCUT2D eigenvalue weighted by molar-refractivity contribution is 5.57. The Labute approximate surface area is 124 Å². The number of ether oxygens (including phenoxy) is 2. The highest BCUT2D eigenvalue weighted by Crippen LogP contribution is 2.44. The molecule has 0 aliphatic carbocycles. The van der Waals surface area contributed by atoms with E-state index in [1.165, 1.54) is 0 Å². The van der Waals surface area contributed by atoms with Gasteiger partial charge in [0.15, 0.2) is 11.5 Å². The maximum atomic E-state index is 6.08. The summed E-state index contributed by atoms with van der Waals surface area (Å²) in [6, 6.07) is 5.96. The molecule has 112 valence electrons. The molecule has 0 saturated heterocycles. The average molecular weight is 287 g/mol. The number of nitrogen functional groups attached to an aromatic ring is 1. The predicted molar refractivity (Wildman–Crippen MR) is 82.0 cm³/mol. The number of fused-ring (bicyclic) bond motifs is 1. The fourth-order valence-electron chi connectivity index (χ4n) is 2.67. The summed E-state index contributed by atoms with van der Waals surface area (Å²) in [5.74, 6) is 2.08. The molecule has 0 atom stereocenters. The fourth-order valence-corrected chi connectivity index (χ4v) is 2.67. The molecule has 0 spiro atoms. The van der Waals surface area contributed by atoms with E-state index in [0.717, 1.165) is 23.4 Å². The van der Waals surface area contributed by atoms with Crippen molar-refractivity contribution < 1.29 is 9.47 Å². The molecular formula is C16H21N3O2. The first kappa shape index (κ1) is 13.8. The van der Waals surface area contributed by atoms with Gasteiger partial charge >= 0.3 is 0 Å². The number of anilines is 1. The second-order valence-electron chi connectivity index (χ2n) is 6.00. The number of nitrogens with two attached hydrogens (primary N) is 1. The zero-order valence-electron chi connectivity index (χ0n) is 12.9. The van der Waals surface area contributed by atoms with Crippen molar-refractivity contribution in [1.29, 1.82) is 0 Å². The molecule has 0 radical (unpaired) electrons. The van der Waals surface area contributed by atoms with E-state index in [2.05, 4.69) is 25.0 Å². The zero-order chi connectivity index (χ0) is 15.2. The van der Waals surface area contributed by atoms with Crippen molar-refractivity contribution in [2.75, 3.05) is 5.73 Å². The topological polar surface area (TPSA) is 62.3 Å². The maximum Gasteiger partial charge on any atom is 0.241 e. The van der Waals surface area contributed by atoms with Gasteiger partial charge < -0.3 is 15.2 Å². The van der Waals surface area contributed by atoms with E-state index >= 15 is 0 Å². The van der Waals surface area contributed by atoms with Crippen LogP contribution in [0.1, 0.15) is 32.0 Å². The lowest BCUT2D eigenvalue weighted by Gasteiger charge is -2.18. The summed E-state index contributed by atoms with van der Waals surface area (Å²) in [6.07, 6.45) is 0.876. The second-order valence-corrected chi connectivity index (χ2v) is 6.00. The monoisotopic (exact) mass is 287 g/mol. The summed E-state index contributed by atoms with van der Waals surface area (Å²) in [5, 5.41) is 4.37. The van der Waals surface area contributed by atoms with Crippen LogP contribution in [0.5, 0.6) is 17.4 Å². The molecule has 1 aliphatic rings. The molecule has 2 heterocycles. The predicted octanol–water partition coefficient (Wildman–Crippen LogP) is 3.30. The average Bonchev–Trinajstić information content (AvgIpc) is 2.88. The highest BCUT2D eigenvalue weighted by Gasteiger charge is 2.32. The number of aryl methyl sites for hydroxylation is 2. The van der Waals surface area contributed by atoms with E-state index in [1.807, 2.05) is 26.0 Å². The summed E-state index contributed by atoms with van der Waals surface area (Å²) in [4.78, 5) is 0. The highest BCUT2D eigenvalue weighted by atomic mass is 16.5. The summed E-state index contributed by atoms with van der Waals surface area (Å²) in [6.45, 7) is 8.74. The van der Waals surface area contributed by atoms with Crippen molar-refractivity contribution in [3.8, 4) is 17.4 Å². The number of benzene rings is 1. The van der Waals surface area contributed by atoms with Crippen LogP contribution >= 0.6 is 0 Å². The number of hydrogen-bond donors (Lipinski definition) is 1. The van der Waals surface area contributed by atoms with E-state index in [4.69, 9.17) is 15.2 Å². The molecule has 0 bridgehead atoms. The smallest absolute Gasteiger partial charge is 0.241 e. The molecule has 0 unspecified atom stereocenters. The van der Waals surface area contributed by atoms with Crippen LogP contribution in [0.2, 0.25) is 0 Å². The van der Waals surface area contributed by atoms with Crippen molar-refractivity contribution in [3.63, 3.8) is 0 Å². The van der Waals surface area contributed by atoms with Gasteiger partial charge in [0.05, 0.1) is 5.69 Å². The first-order chi connectivity index (χ1) is 9.91. The van der Waals surface area contributed by atoms with Gasteiger partial charge in [0.2, 0.25) is 5.88 Å². The van der Waals surface area contributed by atoms with Crippen molar-refractivity contribution in [2.24, 2.45) is 0 Å². The lowest BCUT2D eigenvalue weighted by atomic mass is 10.0. The molecule has 5 nitrogen and oxygen atoms in total. The summed E-state index contributed by atoms with van der Waals surface area (Å²) < 4.78 is 13.8. The van der Waals surface area contributed by atoms with Gasteiger partial charge in [0.25, 0.3) is 0 Å². The van der Waals surface area contributed by atoms with Gasteiger partial charge in [0, 0.05) is 18.5 Å². The summed E-state index contributed by atoms with van der Waals surface area (Å²) in [7, 11) is 0. The molecule has 5 heteroatoms. The molecule has 0 saturated carbocycles. The SMILES string of the molecule is CCn1nc(C)c(N)c1Oc1cccc2c1OC(C)(C)C2. The summed E-state index contributed by atoms with van der Waals surface area (Å²) >= 11 is 0. The van der Waals surface area contributed by atoms with Gasteiger partial charge in [-0.25, -0.2) is 4.68 Å². The van der Waals surface area contributed by atoms with Crippen LogP contribution in [0.25, 0.3) is 0 Å². The first-order valence-electron chi connectivity index (χ1n) is 7.23. The zero-order valence-corrected chi connectivity index (χ0v) is 12.9. The van der Waals surface area contributed by atoms with Crippen molar-refractivity contribution in [1.82, 2.24) is 9.78 Å². The molecular weight excluding hydrogens is 266 g/mol. The Morgan fingerprint density at radius 2 is 2.19 bits per heavy atom. The third kappa shape index (κ3) is 2.33. The Balaban J connectivity index is 2.00. The van der Waals surface area contributed by atoms with Gasteiger partial charge in [-0.3, -0.25) is 0 Å². The standard InChI is InChI=1S/C16H21N3O2/c1-5-19-15(13(17)10(2)18-19)20-12-8-6-7-11-9-16(3,4)21-14(11)12/h6-8H,5,9,17H2,1-4H3. The van der Waals surface area contributed by atoms with Gasteiger partial charge in [0.1, 0.15) is 11.3 Å². The molecule has 3 rings (SSSR count). The quantitative estimate of drug-likeness (QED) is 0.940. The Kier molecular flexibility index (Phi) is 3.08. The van der Waals surface area contributed by atoms with Crippen LogP contribution in [0, 0.1) is 6.92 Å². The van der Waals surface area contributed by atoms with Crippen LogP contribution in [0.15, 0.2) is 18.2 Å². The van der Waals surface area contributed by atoms with E-state index < -0.39 is 0 Å². The van der Waals surface area contributed by atoms with Gasteiger partial charge in [-0.05, 0) is 33.8 Å². The van der Waals surface area contributed by atoms with E-state index in [1.54, 1.807) is 4.68 Å². The molecule has 1 aliphatic heterocycles. The molecule has 0 fully saturated rings. The number of aromatic nitrogens is 2. The lowest BCUT2D eigenvalue weighted by molar-refractivity contribution is 0.134. The van der Waals surface area contributed by atoms with Crippen LogP contribution in [0.3, 0.4) is 0 Å². The van der Waals surface area contributed by atoms with Crippen molar-refractivity contribution >= 4 is 5.69 Å². The second kappa shape index (κ2) is 4.69. The normalized spacial score (nSPS) is 15.6. The van der Waals surface area contributed by atoms with Crippen LogP contribution in [-0.4, -0.2) is 15.4 Å². The Hall–Kier alpha value is -2.17. The molecule has 21 heavy (non-hydrogen) atoms. The van der Waals surface area contributed by atoms with E-state index in [-0.39, 0.29) is 5.60 Å². The minimum atomic E-state index is -0.200. The Morgan fingerprint density at radius 1 is 1.43 bits per heavy atom. The summed E-state index contributed by atoms with van der Waals surface area (Å²) in [5.41, 5.74) is 8.39. The largest absolute Gasteiger partial charge is 0.483 e. The number of nitrogens with zero attached hydrogens (tertiary/aromatic N) is 2. The van der Waals surface area contributed by atoms with Crippen molar-refractivity contribution in [2.45, 2.75) is 46.3 Å². The maximum absolute atomic E-state index is 6.08. The number of hydrogen-bond acceptors (Lipinski definition) is 4. The van der Waals surface area contributed by atoms with Crippen LogP contribution < -0.4 is 15.2 Å². The third-order valence-corrected chi connectivity index (χ3v) is 3.69. The third-order valence-electron chi connectivity index (χ3n) is 3.69.